The molecule has 0 aromatic rings. The fraction of sp³-hybridized carbons (Fsp3) is 0.792. The van der Waals surface area contributed by atoms with Crippen LogP contribution in [0.25, 0.3) is 0 Å². The first-order chi connectivity index (χ1) is 32.9. The molecule has 0 bridgehead atoms. The van der Waals surface area contributed by atoms with E-state index in [-0.39, 0.29) is 55.8 Å². The molecule has 23 nitrogen and oxygen atoms in total. The Morgan fingerprint density at radius 2 is 0.732 bits per heavy atom. The van der Waals surface area contributed by atoms with E-state index in [1.54, 1.807) is 69.2 Å². The van der Waals surface area contributed by atoms with Crippen LogP contribution in [0.3, 0.4) is 0 Å². The van der Waals surface area contributed by atoms with Crippen molar-refractivity contribution in [2.75, 3.05) is 13.2 Å². The number of unbranched alkanes of at least 4 members (excludes halogenated alkanes) is 1. The third kappa shape index (κ3) is 26.0. The third-order valence-corrected chi connectivity index (χ3v) is 11.2. The first kappa shape index (κ1) is 65.6. The van der Waals surface area contributed by atoms with Gasteiger partial charge in [0.05, 0.1) is 12.6 Å². The number of rotatable bonds is 35. The van der Waals surface area contributed by atoms with Crippen molar-refractivity contribution >= 4 is 59.2 Å². The van der Waals surface area contributed by atoms with Crippen LogP contribution in [-0.4, -0.2) is 142 Å². The van der Waals surface area contributed by atoms with Gasteiger partial charge >= 0.3 is 11.9 Å². The highest BCUT2D eigenvalue weighted by atomic mass is 16.4. The van der Waals surface area contributed by atoms with Gasteiger partial charge in [0.2, 0.25) is 47.3 Å². The van der Waals surface area contributed by atoms with Crippen LogP contribution in [0.15, 0.2) is 0 Å². The number of nitrogens with two attached hydrogens (primary N) is 2. The molecule has 71 heavy (non-hydrogen) atoms. The number of carboxylic acid groups (broad SMARTS) is 2. The third-order valence-electron chi connectivity index (χ3n) is 11.2. The Bertz CT molecular complexity index is 1760. The summed E-state index contributed by atoms with van der Waals surface area (Å²) in [5, 5.41) is 49.8. The number of carboxylic acids is 2. The smallest absolute Gasteiger partial charge is 0.326 e. The maximum absolute atomic E-state index is 14.1. The number of nitrogens with one attached hydrogen (secondary N) is 8. The van der Waals surface area contributed by atoms with E-state index in [1.807, 2.05) is 13.8 Å². The Morgan fingerprint density at radius 1 is 0.408 bits per heavy atom. The highest BCUT2D eigenvalue weighted by Crippen LogP contribution is 2.14. The summed E-state index contributed by atoms with van der Waals surface area (Å²) in [4.78, 5) is 133. The Labute approximate surface area is 419 Å². The number of carbonyl (C=O) groups excluding carboxylic acids is 8. The maximum Gasteiger partial charge on any atom is 0.326 e. The average molecular weight is 1010 g/mol. The molecule has 9 atom stereocenters. The fourth-order valence-corrected chi connectivity index (χ4v) is 7.37. The molecule has 8 amide bonds. The molecule has 0 aliphatic rings. The van der Waals surface area contributed by atoms with Crippen LogP contribution in [0.1, 0.15) is 141 Å². The van der Waals surface area contributed by atoms with E-state index in [2.05, 4.69) is 42.5 Å². The van der Waals surface area contributed by atoms with Crippen LogP contribution in [-0.2, 0) is 47.9 Å². The number of aliphatic hydroxyl groups is 1. The summed E-state index contributed by atoms with van der Waals surface area (Å²) in [5.74, 6) is -10.7. The minimum Gasteiger partial charge on any atom is -0.481 e. The van der Waals surface area contributed by atoms with Crippen molar-refractivity contribution in [1.82, 2.24) is 42.5 Å². The van der Waals surface area contributed by atoms with E-state index >= 15 is 0 Å². The van der Waals surface area contributed by atoms with Crippen molar-refractivity contribution < 1.29 is 63.3 Å². The van der Waals surface area contributed by atoms with Gasteiger partial charge in [-0.1, -0.05) is 89.5 Å². The first-order valence-electron chi connectivity index (χ1n) is 24.9. The quantitative estimate of drug-likeness (QED) is 0.0365. The molecule has 0 aromatic carbocycles. The van der Waals surface area contributed by atoms with E-state index in [4.69, 9.17) is 11.5 Å². The van der Waals surface area contributed by atoms with Crippen LogP contribution in [0.4, 0.5) is 0 Å². The predicted molar refractivity (Wildman–Crippen MR) is 265 cm³/mol. The zero-order valence-corrected chi connectivity index (χ0v) is 44.0. The summed E-state index contributed by atoms with van der Waals surface area (Å²) in [6, 6.07) is -11.5. The number of amides is 8. The molecule has 0 aromatic heterocycles. The van der Waals surface area contributed by atoms with Gasteiger partial charge in [-0.05, 0) is 87.0 Å². The highest BCUT2D eigenvalue weighted by molar-refractivity contribution is 5.98. The van der Waals surface area contributed by atoms with Crippen molar-refractivity contribution in [1.29, 1.82) is 0 Å². The standard InChI is InChI=1S/C48H88N10O13/c1-24(2)19-32(52-40(62)30(50)15-13-14-18-49)45(67)56-36(23-59)46(68)57-38(28(9)10)47(69)55-35(22-27(7)8)44(66)54-34(21-26(5)6)43(65)53-33(20-25(3)4)42(64)51-31(16-17-37(60)61)41(63)58-39(29(11)12)48(70)71/h24-36,38-39,59H,13-23,49-50H2,1-12H3,(H,51,64)(H,52,62)(H,53,65)(H,54,66)(H,55,69)(H,56,67)(H,57,68)(H,58,63)(H,60,61)(H,70,71)/t30-,31-,32-,33-,34-,35-,36-,38-,39-/m0/s1. The van der Waals surface area contributed by atoms with Crippen LogP contribution in [0, 0.1) is 35.5 Å². The van der Waals surface area contributed by atoms with Crippen LogP contribution < -0.4 is 54.0 Å². The molecule has 0 saturated heterocycles. The van der Waals surface area contributed by atoms with E-state index in [0.29, 0.717) is 25.8 Å². The molecule has 0 rings (SSSR count). The average Bonchev–Trinajstić information content (AvgIpc) is 3.25. The molecule has 408 valence electrons. The summed E-state index contributed by atoms with van der Waals surface area (Å²) < 4.78 is 0. The van der Waals surface area contributed by atoms with Gasteiger partial charge in [-0.15, -0.1) is 0 Å². The summed E-state index contributed by atoms with van der Waals surface area (Å²) >= 11 is 0. The van der Waals surface area contributed by atoms with Gasteiger partial charge in [0, 0.05) is 6.42 Å². The summed E-state index contributed by atoms with van der Waals surface area (Å²) in [6.45, 7) is 20.4. The van der Waals surface area contributed by atoms with Crippen molar-refractivity contribution in [2.45, 2.75) is 195 Å². The Morgan fingerprint density at radius 3 is 1.07 bits per heavy atom. The van der Waals surface area contributed by atoms with Crippen LogP contribution >= 0.6 is 0 Å². The van der Waals surface area contributed by atoms with E-state index in [1.165, 1.54) is 0 Å². The topological polar surface area (TPSA) is 380 Å². The lowest BCUT2D eigenvalue weighted by Crippen LogP contribution is -2.61. The zero-order valence-electron chi connectivity index (χ0n) is 44.0. The predicted octanol–water partition coefficient (Wildman–Crippen LogP) is -0.241. The molecule has 0 aliphatic heterocycles. The van der Waals surface area contributed by atoms with Gasteiger partial charge in [0.15, 0.2) is 0 Å². The summed E-state index contributed by atoms with van der Waals surface area (Å²) in [5.41, 5.74) is 11.6. The monoisotopic (exact) mass is 1010 g/mol. The van der Waals surface area contributed by atoms with Crippen molar-refractivity contribution in [3.8, 4) is 0 Å². The SMILES string of the molecule is CC(C)C[C@H](NC(=O)[C@H](CC(C)C)NC(=O)[C@H](CC(C)C)NC(=O)[C@@H](NC(=O)[C@H](CO)NC(=O)[C@H](CC(C)C)NC(=O)[C@@H](N)CCCCN)C(C)C)C(=O)N[C@@H](CCC(=O)O)C(=O)N[C@H](C(=O)O)C(C)C. The molecule has 0 heterocycles. The number of carbonyl (C=O) groups is 10. The number of hydrogen-bond acceptors (Lipinski definition) is 13. The lowest BCUT2D eigenvalue weighted by Gasteiger charge is -2.30. The largest absolute Gasteiger partial charge is 0.481 e. The van der Waals surface area contributed by atoms with Gasteiger partial charge < -0.3 is 69.3 Å². The maximum atomic E-state index is 14.1. The van der Waals surface area contributed by atoms with E-state index in [0.717, 1.165) is 0 Å². The van der Waals surface area contributed by atoms with Crippen LogP contribution in [0.5, 0.6) is 0 Å². The van der Waals surface area contributed by atoms with E-state index in [9.17, 15) is 63.3 Å². The molecule has 15 N–H and O–H groups in total. The normalized spacial score (nSPS) is 15.4. The molecule has 0 unspecified atom stereocenters. The second-order valence-electron chi connectivity index (χ2n) is 20.7. The van der Waals surface area contributed by atoms with Gasteiger partial charge in [-0.3, -0.25) is 43.2 Å². The number of aliphatic hydroxyl groups excluding tert-OH is 1. The molecule has 0 aliphatic carbocycles. The molecular weight excluding hydrogens is 925 g/mol. The van der Waals surface area contributed by atoms with Gasteiger partial charge in [0.25, 0.3) is 0 Å². The second kappa shape index (κ2) is 33.3. The summed E-state index contributed by atoms with van der Waals surface area (Å²) in [6.07, 6.45) is 1.07. The molecule has 0 saturated carbocycles. The van der Waals surface area contributed by atoms with Gasteiger partial charge in [-0.25, -0.2) is 4.79 Å². The molecular formula is C48H88N10O13. The lowest BCUT2D eigenvalue weighted by atomic mass is 9.97. The Kier molecular flexibility index (Phi) is 30.7. The van der Waals surface area contributed by atoms with Crippen LogP contribution in [0.2, 0.25) is 0 Å². The minimum atomic E-state index is -1.55. The Hall–Kier alpha value is -5.42. The van der Waals surface area contributed by atoms with Crippen molar-refractivity contribution in [2.24, 2.45) is 47.0 Å². The Balaban J connectivity index is 6.46. The highest BCUT2D eigenvalue weighted by Gasteiger charge is 2.36. The molecule has 0 radical (unpaired) electrons. The number of aliphatic carboxylic acids is 2. The molecule has 0 fully saturated rings. The second-order valence-corrected chi connectivity index (χ2v) is 20.7. The lowest BCUT2D eigenvalue weighted by molar-refractivity contribution is -0.144. The first-order valence-corrected chi connectivity index (χ1v) is 24.9. The van der Waals surface area contributed by atoms with Crippen molar-refractivity contribution in [3.05, 3.63) is 0 Å². The summed E-state index contributed by atoms with van der Waals surface area (Å²) in [7, 11) is 0. The molecule has 0 spiro atoms. The number of hydrogen-bond donors (Lipinski definition) is 13. The van der Waals surface area contributed by atoms with Gasteiger partial charge in [-0.2, -0.15) is 0 Å². The van der Waals surface area contributed by atoms with Crippen molar-refractivity contribution in [3.63, 3.8) is 0 Å². The van der Waals surface area contributed by atoms with E-state index < -0.39 is 138 Å². The zero-order chi connectivity index (χ0) is 54.9. The fourth-order valence-electron chi connectivity index (χ4n) is 7.37. The molecule has 23 heteroatoms. The minimum absolute atomic E-state index is 0.0475. The van der Waals surface area contributed by atoms with Gasteiger partial charge in [0.1, 0.15) is 48.3 Å².